The maximum Gasteiger partial charge on any atom is 0.344 e. The van der Waals surface area contributed by atoms with E-state index in [2.05, 4.69) is 9.98 Å². The Labute approximate surface area is 233 Å². The van der Waals surface area contributed by atoms with E-state index in [9.17, 15) is 0 Å². The maximum absolute atomic E-state index is 15.2. The van der Waals surface area contributed by atoms with E-state index < -0.39 is 80.8 Å². The molecular formula is C26H22F8N6O2+2. The second kappa shape index (κ2) is 11.3. The van der Waals surface area contributed by atoms with E-state index in [1.807, 2.05) is 0 Å². The fourth-order valence-corrected chi connectivity index (χ4v) is 4.24. The molecule has 8 nitrogen and oxygen atoms in total. The molecule has 2 heterocycles. The van der Waals surface area contributed by atoms with Gasteiger partial charge in [0, 0.05) is 0 Å². The first-order valence-electron chi connectivity index (χ1n) is 11.8. The summed E-state index contributed by atoms with van der Waals surface area (Å²) in [6.45, 7) is 0. The van der Waals surface area contributed by atoms with Gasteiger partial charge in [-0.2, -0.15) is 0 Å². The highest BCUT2D eigenvalue weighted by molar-refractivity contribution is 5.92. The van der Waals surface area contributed by atoms with Gasteiger partial charge >= 0.3 is 23.4 Å². The zero-order valence-electron chi connectivity index (χ0n) is 22.8. The fraction of sp³-hybridized carbons (Fsp3) is 0.231. The van der Waals surface area contributed by atoms with Gasteiger partial charge in [0.15, 0.2) is 46.5 Å². The van der Waals surface area contributed by atoms with Crippen molar-refractivity contribution in [1.29, 1.82) is 0 Å². The molecule has 0 N–H and O–H groups in total. The zero-order valence-corrected chi connectivity index (χ0v) is 22.8. The van der Waals surface area contributed by atoms with Crippen molar-refractivity contribution in [2.24, 2.45) is 38.2 Å². The average molecular weight is 602 g/mol. The number of ether oxygens (including phenoxy) is 2. The number of rotatable bonds is 5. The normalized spacial score (nSPS) is 12.3. The van der Waals surface area contributed by atoms with E-state index in [0.29, 0.717) is 0 Å². The molecule has 2 aromatic heterocycles. The number of benzene rings is 2. The van der Waals surface area contributed by atoms with Crippen molar-refractivity contribution in [3.8, 4) is 11.1 Å². The molecule has 0 radical (unpaired) electrons. The van der Waals surface area contributed by atoms with Crippen LogP contribution in [0.25, 0.3) is 11.1 Å². The summed E-state index contributed by atoms with van der Waals surface area (Å²) in [5, 5.41) is 0. The number of aliphatic imine (C=N–C) groups is 2. The van der Waals surface area contributed by atoms with Gasteiger partial charge in [0.05, 0.1) is 53.5 Å². The first-order chi connectivity index (χ1) is 19.8. The Morgan fingerprint density at radius 3 is 1.07 bits per heavy atom. The van der Waals surface area contributed by atoms with Gasteiger partial charge < -0.3 is 9.47 Å². The number of aryl methyl sites for hydroxylation is 4. The molecule has 222 valence electrons. The number of imidazole rings is 2. The standard InChI is InChI=1S/C26H22F8N6O2/c1-37-7-8-38(2)25(37)23(41-5)35-21-17(31)13(27)11(14(28)18(21)32)12-15(29)19(33)22(20(34)16(12)30)36-24(42-6)26-39(3)9-10-40(26)4/h7-10H,1-6H3/q+2. The predicted molar refractivity (Wildman–Crippen MR) is 131 cm³/mol. The summed E-state index contributed by atoms with van der Waals surface area (Å²) in [5.74, 6) is -19.1. The summed E-state index contributed by atoms with van der Waals surface area (Å²) in [5.41, 5.74) is -7.21. The van der Waals surface area contributed by atoms with Crippen molar-refractivity contribution in [3.63, 3.8) is 0 Å². The molecule has 4 rings (SSSR count). The number of nitrogens with zero attached hydrogens (tertiary/aromatic N) is 6. The molecule has 16 heteroatoms. The van der Waals surface area contributed by atoms with Crippen LogP contribution in [0.4, 0.5) is 46.5 Å². The second-order valence-electron chi connectivity index (χ2n) is 8.89. The van der Waals surface area contributed by atoms with E-state index in [-0.39, 0.29) is 11.6 Å². The number of hydrogen-bond acceptors (Lipinski definition) is 4. The van der Waals surface area contributed by atoms with E-state index in [0.717, 1.165) is 14.2 Å². The minimum absolute atomic E-state index is 0.109. The van der Waals surface area contributed by atoms with Gasteiger partial charge in [0.1, 0.15) is 36.2 Å². The second-order valence-corrected chi connectivity index (χ2v) is 8.89. The Morgan fingerprint density at radius 2 is 0.857 bits per heavy atom. The van der Waals surface area contributed by atoms with Gasteiger partial charge in [0.25, 0.3) is 0 Å². The monoisotopic (exact) mass is 602 g/mol. The quantitative estimate of drug-likeness (QED) is 0.113. The van der Waals surface area contributed by atoms with Crippen LogP contribution in [0.5, 0.6) is 0 Å². The first kappa shape index (κ1) is 30.2. The molecule has 0 saturated heterocycles. The topological polar surface area (TPSA) is 60.8 Å². The Bertz CT molecular complexity index is 1570. The van der Waals surface area contributed by atoms with Gasteiger partial charge in [-0.25, -0.2) is 63.4 Å². The Kier molecular flexibility index (Phi) is 8.09. The number of aromatic nitrogens is 4. The molecule has 0 aliphatic carbocycles. The molecule has 2 aromatic carbocycles. The van der Waals surface area contributed by atoms with Crippen molar-refractivity contribution in [2.75, 3.05) is 14.2 Å². The van der Waals surface area contributed by atoms with Crippen LogP contribution < -0.4 is 9.13 Å². The number of methoxy groups -OCH3 is 2. The summed E-state index contributed by atoms with van der Waals surface area (Å²) in [6, 6.07) is 0. The van der Waals surface area contributed by atoms with Gasteiger partial charge in [-0.3, -0.25) is 0 Å². The summed E-state index contributed by atoms with van der Waals surface area (Å²) in [4.78, 5) is 7.05. The van der Waals surface area contributed by atoms with Gasteiger partial charge in [-0.1, -0.05) is 0 Å². The van der Waals surface area contributed by atoms with Crippen LogP contribution in [0.3, 0.4) is 0 Å². The lowest BCUT2D eigenvalue weighted by atomic mass is 10.00. The van der Waals surface area contributed by atoms with Crippen molar-refractivity contribution < 1.29 is 53.7 Å². The summed E-state index contributed by atoms with van der Waals surface area (Å²) >= 11 is 0. The highest BCUT2D eigenvalue weighted by Gasteiger charge is 2.35. The van der Waals surface area contributed by atoms with Crippen LogP contribution in [-0.4, -0.2) is 35.1 Å². The maximum atomic E-state index is 15.2. The van der Waals surface area contributed by atoms with Gasteiger partial charge in [0.2, 0.25) is 0 Å². The lowest BCUT2D eigenvalue weighted by molar-refractivity contribution is -0.672. The summed E-state index contributed by atoms with van der Waals surface area (Å²) < 4.78 is 137. The van der Waals surface area contributed by atoms with Crippen LogP contribution in [-0.2, 0) is 37.7 Å². The van der Waals surface area contributed by atoms with Crippen LogP contribution in [0.2, 0.25) is 0 Å². The minimum atomic E-state index is -2.37. The highest BCUT2D eigenvalue weighted by atomic mass is 19.2. The van der Waals surface area contributed by atoms with Gasteiger partial charge in [-0.15, -0.1) is 0 Å². The summed E-state index contributed by atoms with van der Waals surface area (Å²) in [6.07, 6.45) is 6.05. The van der Waals surface area contributed by atoms with E-state index in [1.165, 1.54) is 71.2 Å². The SMILES string of the molecule is COC(=Nc1c(F)c(F)c(-c2c(F)c(F)c(N=C(OC)c3n(C)cc[n+]3C)c(F)c2F)c(F)c1F)c1n(C)cc[n+]1C. The Morgan fingerprint density at radius 1 is 0.571 bits per heavy atom. The molecule has 42 heavy (non-hydrogen) atoms. The predicted octanol–water partition coefficient (Wildman–Crippen LogP) is 4.24. The van der Waals surface area contributed by atoms with Crippen molar-refractivity contribution in [3.05, 3.63) is 83.0 Å². The molecule has 0 saturated carbocycles. The molecule has 0 atom stereocenters. The van der Waals surface area contributed by atoms with E-state index in [4.69, 9.17) is 9.47 Å². The molecule has 0 bridgehead atoms. The largest absolute Gasteiger partial charge is 0.475 e. The Balaban J connectivity index is 1.95. The van der Waals surface area contributed by atoms with Gasteiger partial charge in [-0.05, 0) is 0 Å². The van der Waals surface area contributed by atoms with E-state index in [1.54, 1.807) is 0 Å². The van der Waals surface area contributed by atoms with Crippen LogP contribution in [0.1, 0.15) is 11.6 Å². The van der Waals surface area contributed by atoms with Crippen LogP contribution in [0, 0.1) is 46.5 Å². The molecule has 0 aliphatic heterocycles. The van der Waals surface area contributed by atoms with Crippen molar-refractivity contribution in [2.45, 2.75) is 0 Å². The molecule has 4 aromatic rings. The third kappa shape index (κ3) is 4.75. The Hall–Kier alpha value is -4.76. The molecular weight excluding hydrogens is 580 g/mol. The molecule has 0 spiro atoms. The van der Waals surface area contributed by atoms with Crippen LogP contribution in [0.15, 0.2) is 34.8 Å². The molecule has 0 unspecified atom stereocenters. The third-order valence-electron chi connectivity index (χ3n) is 6.29. The lowest BCUT2D eigenvalue weighted by Gasteiger charge is -2.14. The number of hydrogen-bond donors (Lipinski definition) is 0. The van der Waals surface area contributed by atoms with E-state index >= 15 is 35.1 Å². The van der Waals surface area contributed by atoms with Crippen molar-refractivity contribution >= 4 is 23.2 Å². The highest BCUT2D eigenvalue weighted by Crippen LogP contribution is 2.42. The smallest absolute Gasteiger partial charge is 0.344 e. The molecule has 0 amide bonds. The molecule has 0 aliphatic rings. The average Bonchev–Trinajstić information content (AvgIpc) is 3.48. The minimum Gasteiger partial charge on any atom is -0.475 e. The fourth-order valence-electron chi connectivity index (χ4n) is 4.24. The zero-order chi connectivity index (χ0) is 31.2. The number of halogens is 8. The first-order valence-corrected chi connectivity index (χ1v) is 11.8. The van der Waals surface area contributed by atoms with Crippen molar-refractivity contribution in [1.82, 2.24) is 9.13 Å². The summed E-state index contributed by atoms with van der Waals surface area (Å²) in [7, 11) is 8.18. The third-order valence-corrected chi connectivity index (χ3v) is 6.29. The van der Waals surface area contributed by atoms with Crippen LogP contribution >= 0.6 is 0 Å². The lowest BCUT2D eigenvalue weighted by Crippen LogP contribution is -2.35. The molecule has 0 fully saturated rings.